The fraction of sp³-hybridized carbons (Fsp3) is 0.538. The average Bonchev–Trinajstić information content (AvgIpc) is 3.02. The highest BCUT2D eigenvalue weighted by atomic mass is 79.9. The van der Waals surface area contributed by atoms with Gasteiger partial charge < -0.3 is 5.73 Å². The molecule has 18 heavy (non-hydrogen) atoms. The predicted molar refractivity (Wildman–Crippen MR) is 76.1 cm³/mol. The van der Waals surface area contributed by atoms with Crippen molar-refractivity contribution in [3.63, 3.8) is 0 Å². The maximum Gasteiger partial charge on any atom is 0.202 e. The largest absolute Gasteiger partial charge is 0.369 e. The van der Waals surface area contributed by atoms with Gasteiger partial charge in [0.05, 0.1) is 0 Å². The van der Waals surface area contributed by atoms with Crippen LogP contribution in [0.2, 0.25) is 0 Å². The summed E-state index contributed by atoms with van der Waals surface area (Å²) in [6.07, 6.45) is 4.36. The van der Waals surface area contributed by atoms with Crippen molar-refractivity contribution in [3.05, 3.63) is 16.7 Å². The lowest BCUT2D eigenvalue weighted by Crippen LogP contribution is -2.19. The number of halogens is 1. The summed E-state index contributed by atoms with van der Waals surface area (Å²) in [5.41, 5.74) is 8.19. The third-order valence-electron chi connectivity index (χ3n) is 4.17. The van der Waals surface area contributed by atoms with Gasteiger partial charge in [0.1, 0.15) is 5.52 Å². The highest BCUT2D eigenvalue weighted by molar-refractivity contribution is 9.10. The highest BCUT2D eigenvalue weighted by Crippen LogP contribution is 2.53. The van der Waals surface area contributed by atoms with Gasteiger partial charge in [-0.25, -0.2) is 9.97 Å². The molecular formula is C13H17BrN4. The van der Waals surface area contributed by atoms with Gasteiger partial charge in [-0.1, -0.05) is 13.8 Å². The molecule has 0 amide bonds. The quantitative estimate of drug-likeness (QED) is 0.947. The van der Waals surface area contributed by atoms with E-state index in [9.17, 15) is 0 Å². The fourth-order valence-electron chi connectivity index (χ4n) is 2.55. The van der Waals surface area contributed by atoms with Crippen LogP contribution in [0.5, 0.6) is 0 Å². The van der Waals surface area contributed by atoms with Crippen LogP contribution in [0.1, 0.15) is 26.7 Å². The first kappa shape index (κ1) is 12.0. The third kappa shape index (κ3) is 1.81. The van der Waals surface area contributed by atoms with Crippen molar-refractivity contribution in [2.24, 2.45) is 11.3 Å². The molecule has 1 aliphatic rings. The van der Waals surface area contributed by atoms with Crippen LogP contribution in [0.15, 0.2) is 16.7 Å². The lowest BCUT2D eigenvalue weighted by atomic mass is 9.92. The molecule has 0 atom stereocenters. The monoisotopic (exact) mass is 308 g/mol. The molecule has 2 N–H and O–H groups in total. The molecule has 2 aromatic heterocycles. The van der Waals surface area contributed by atoms with E-state index in [-0.39, 0.29) is 0 Å². The van der Waals surface area contributed by atoms with Crippen LogP contribution in [0.4, 0.5) is 5.95 Å². The van der Waals surface area contributed by atoms with Crippen LogP contribution in [0.25, 0.3) is 11.2 Å². The number of nitrogen functional groups attached to an aromatic ring is 1. The van der Waals surface area contributed by atoms with Crippen LogP contribution in [0.3, 0.4) is 0 Å². The second-order valence-corrected chi connectivity index (χ2v) is 6.49. The van der Waals surface area contributed by atoms with Crippen molar-refractivity contribution in [2.75, 3.05) is 5.73 Å². The number of aromatic nitrogens is 3. The summed E-state index contributed by atoms with van der Waals surface area (Å²) in [6, 6.07) is 1.96. The number of pyridine rings is 1. The first-order valence-electron chi connectivity index (χ1n) is 6.29. The average molecular weight is 309 g/mol. The first-order valence-corrected chi connectivity index (χ1v) is 7.08. The molecule has 3 rings (SSSR count). The van der Waals surface area contributed by atoms with Crippen LogP contribution in [-0.2, 0) is 6.54 Å². The molecule has 1 aliphatic carbocycles. The van der Waals surface area contributed by atoms with Crippen LogP contribution < -0.4 is 5.73 Å². The number of anilines is 1. The van der Waals surface area contributed by atoms with Crippen molar-refractivity contribution in [1.82, 2.24) is 14.5 Å². The lowest BCUT2D eigenvalue weighted by molar-refractivity contribution is 0.313. The topological polar surface area (TPSA) is 56.7 Å². The summed E-state index contributed by atoms with van der Waals surface area (Å²) in [5, 5.41) is 0. The van der Waals surface area contributed by atoms with Gasteiger partial charge in [0.15, 0.2) is 5.65 Å². The van der Waals surface area contributed by atoms with Crippen LogP contribution >= 0.6 is 15.9 Å². The molecular weight excluding hydrogens is 292 g/mol. The van der Waals surface area contributed by atoms with E-state index in [1.807, 2.05) is 6.07 Å². The normalized spacial score (nSPS) is 17.6. The van der Waals surface area contributed by atoms with Gasteiger partial charge in [-0.3, -0.25) is 4.57 Å². The minimum atomic E-state index is 0.399. The minimum absolute atomic E-state index is 0.399. The summed E-state index contributed by atoms with van der Waals surface area (Å²) >= 11 is 3.41. The van der Waals surface area contributed by atoms with E-state index in [0.29, 0.717) is 17.3 Å². The molecule has 1 fully saturated rings. The van der Waals surface area contributed by atoms with Gasteiger partial charge in [-0.15, -0.1) is 0 Å². The highest BCUT2D eigenvalue weighted by Gasteiger charge is 2.46. The second-order valence-electron chi connectivity index (χ2n) is 5.57. The van der Waals surface area contributed by atoms with E-state index in [4.69, 9.17) is 5.73 Å². The number of nitrogens with zero attached hydrogens (tertiary/aromatic N) is 3. The number of fused-ring (bicyclic) bond motifs is 1. The van der Waals surface area contributed by atoms with E-state index in [1.54, 1.807) is 6.20 Å². The zero-order chi connectivity index (χ0) is 12.9. The summed E-state index contributed by atoms with van der Waals surface area (Å²) < 4.78 is 3.00. The molecule has 1 saturated carbocycles. The zero-order valence-electron chi connectivity index (χ0n) is 10.7. The number of hydrogen-bond donors (Lipinski definition) is 1. The Balaban J connectivity index is 2.04. The first-order chi connectivity index (χ1) is 8.52. The fourth-order valence-corrected chi connectivity index (χ4v) is 2.87. The Kier molecular flexibility index (Phi) is 2.62. The number of rotatable bonds is 3. The number of imidazole rings is 1. The van der Waals surface area contributed by atoms with Gasteiger partial charge in [-0.2, -0.15) is 0 Å². The number of hydrogen-bond acceptors (Lipinski definition) is 3. The maximum absolute atomic E-state index is 6.04. The van der Waals surface area contributed by atoms with Crippen molar-refractivity contribution in [3.8, 4) is 0 Å². The lowest BCUT2D eigenvalue weighted by Gasteiger charge is -2.20. The third-order valence-corrected chi connectivity index (χ3v) is 4.60. The molecule has 0 aromatic carbocycles. The van der Waals surface area contributed by atoms with Crippen LogP contribution in [0, 0.1) is 11.3 Å². The molecule has 5 heteroatoms. The Morgan fingerprint density at radius 2 is 2.22 bits per heavy atom. The van der Waals surface area contributed by atoms with Gasteiger partial charge >= 0.3 is 0 Å². The van der Waals surface area contributed by atoms with Gasteiger partial charge in [0, 0.05) is 17.2 Å². The van der Waals surface area contributed by atoms with E-state index >= 15 is 0 Å². The molecule has 0 radical (unpaired) electrons. The molecule has 2 heterocycles. The molecule has 96 valence electrons. The molecule has 0 bridgehead atoms. The molecule has 0 aliphatic heterocycles. The Bertz CT molecular complexity index is 598. The van der Waals surface area contributed by atoms with E-state index in [2.05, 4.69) is 44.3 Å². The van der Waals surface area contributed by atoms with Gasteiger partial charge in [0.25, 0.3) is 0 Å². The summed E-state index contributed by atoms with van der Waals surface area (Å²) in [4.78, 5) is 8.84. The maximum atomic E-state index is 6.04. The van der Waals surface area contributed by atoms with Crippen molar-refractivity contribution >= 4 is 33.0 Å². The Morgan fingerprint density at radius 3 is 2.83 bits per heavy atom. The number of nitrogens with two attached hydrogens (primary N) is 1. The smallest absolute Gasteiger partial charge is 0.202 e. The van der Waals surface area contributed by atoms with Gasteiger partial charge in [0.2, 0.25) is 5.95 Å². The van der Waals surface area contributed by atoms with Gasteiger partial charge in [-0.05, 0) is 46.2 Å². The predicted octanol–water partition coefficient (Wildman–Crippen LogP) is 3.21. The van der Waals surface area contributed by atoms with E-state index in [1.165, 1.54) is 12.8 Å². The SMILES string of the molecule is CC(C)C1(Cn2c(N)nc3cc(Br)cnc32)CC1. The Morgan fingerprint density at radius 1 is 1.50 bits per heavy atom. The van der Waals surface area contributed by atoms with Crippen LogP contribution in [-0.4, -0.2) is 14.5 Å². The molecule has 0 saturated heterocycles. The molecule has 4 nitrogen and oxygen atoms in total. The zero-order valence-corrected chi connectivity index (χ0v) is 12.2. The Labute approximate surface area is 115 Å². The van der Waals surface area contributed by atoms with E-state index < -0.39 is 0 Å². The summed E-state index contributed by atoms with van der Waals surface area (Å²) in [6.45, 7) is 5.50. The Hall–Kier alpha value is -1.10. The van der Waals surface area contributed by atoms with Crippen molar-refractivity contribution in [1.29, 1.82) is 0 Å². The second kappa shape index (κ2) is 3.95. The minimum Gasteiger partial charge on any atom is -0.369 e. The molecule has 0 unspecified atom stereocenters. The summed E-state index contributed by atoms with van der Waals surface area (Å²) in [7, 11) is 0. The summed E-state index contributed by atoms with van der Waals surface area (Å²) in [5.74, 6) is 1.24. The standard InChI is InChI=1S/C13H17BrN4/c1-8(2)13(3-4-13)7-18-11-10(17-12(18)15)5-9(14)6-16-11/h5-6,8H,3-4,7H2,1-2H3,(H2,15,17). The molecule has 2 aromatic rings. The van der Waals surface area contributed by atoms with E-state index in [0.717, 1.165) is 22.2 Å². The van der Waals surface area contributed by atoms with Crippen molar-refractivity contribution < 1.29 is 0 Å². The van der Waals surface area contributed by atoms with Crippen molar-refractivity contribution in [2.45, 2.75) is 33.2 Å². The molecule has 0 spiro atoms.